The largest absolute Gasteiger partial charge is 0.354 e. The van der Waals surface area contributed by atoms with Gasteiger partial charge in [0, 0.05) is 13.0 Å². The zero-order chi connectivity index (χ0) is 8.27. The molecule has 1 N–H and O–H groups in total. The van der Waals surface area contributed by atoms with Gasteiger partial charge < -0.3 is 10.1 Å². The first-order chi connectivity index (χ1) is 5.18. The molecule has 0 saturated carbocycles. The maximum Gasteiger partial charge on any atom is 0.217 e. The monoisotopic (exact) mass is 154 g/mol. The van der Waals surface area contributed by atoms with E-state index in [2.05, 4.69) is 18.1 Å². The molecule has 0 radical (unpaired) electrons. The average Bonchev–Trinajstić information content (AvgIpc) is 1.93. The fraction of sp³-hybridized carbons (Fsp3) is 0.857. The Balaban J connectivity index is 2.22. The van der Waals surface area contributed by atoms with Gasteiger partial charge in [-0.25, -0.2) is 0 Å². The van der Waals surface area contributed by atoms with E-state index in [4.69, 9.17) is 0 Å². The van der Waals surface area contributed by atoms with Crippen LogP contribution in [0.25, 0.3) is 0 Å². The van der Waals surface area contributed by atoms with Gasteiger partial charge >= 0.3 is 0 Å². The number of hydrogen-bond acceptors (Lipinski definition) is 2. The van der Waals surface area contributed by atoms with E-state index in [-0.39, 0.29) is 5.91 Å². The number of amides is 1. The van der Waals surface area contributed by atoms with Gasteiger partial charge in [-0.3, -0.25) is 4.79 Å². The smallest absolute Gasteiger partial charge is 0.217 e. The van der Waals surface area contributed by atoms with E-state index in [9.17, 15) is 4.79 Å². The second-order valence-corrected chi connectivity index (χ2v) is 3.28. The predicted molar refractivity (Wildman–Crippen MR) is 47.0 cm³/mol. The summed E-state index contributed by atoms with van der Waals surface area (Å²) in [7, 11) is 2.12. The fourth-order valence-electron chi connectivity index (χ4n) is 1.44. The second-order valence-electron chi connectivity index (χ2n) is 3.28. The molecule has 62 valence electrons. The minimum absolute atomic E-state index is 0.0968. The van der Waals surface area contributed by atoms with Crippen molar-refractivity contribution in [1.82, 2.24) is 10.1 Å². The van der Waals surface area contributed by atoms with Gasteiger partial charge in [0.05, 0.1) is 0 Å². The molecule has 0 bridgehead atoms. The highest BCUT2D eigenvalue weighted by Gasteiger charge is 2.16. The van der Waals surface area contributed by atoms with Crippen molar-refractivity contribution in [2.24, 2.45) is 0 Å². The van der Waals surface area contributed by atoms with Crippen molar-refractivity contribution in [2.75, 3.05) is 13.1 Å². The highest BCUT2D eigenvalue weighted by molar-refractivity contribution is 6.04. The number of nitrogens with one attached hydrogen (secondary N) is 1. The van der Waals surface area contributed by atoms with Crippen LogP contribution in [-0.2, 0) is 4.79 Å². The normalized spacial score (nSPS) is 21.5. The maximum atomic E-state index is 10.7. The van der Waals surface area contributed by atoms with Crippen molar-refractivity contribution in [2.45, 2.75) is 25.8 Å². The quantitative estimate of drug-likeness (QED) is 0.498. The molecule has 0 aromatic heterocycles. The van der Waals surface area contributed by atoms with Gasteiger partial charge in [-0.2, -0.15) is 0 Å². The maximum absolute atomic E-state index is 10.7. The summed E-state index contributed by atoms with van der Waals surface area (Å²) in [5, 5.41) is 2.94. The summed E-state index contributed by atoms with van der Waals surface area (Å²) in [6, 6.07) is 0.420. The van der Waals surface area contributed by atoms with Gasteiger partial charge in [0.2, 0.25) is 5.91 Å². The average molecular weight is 154 g/mol. The Kier molecular flexibility index (Phi) is 2.94. The highest BCUT2D eigenvalue weighted by atomic mass is 16.1. The molecule has 1 heterocycles. The van der Waals surface area contributed by atoms with E-state index in [1.54, 1.807) is 6.92 Å². The van der Waals surface area contributed by atoms with Crippen LogP contribution in [0.2, 0.25) is 0 Å². The Morgan fingerprint density at radius 1 is 1.55 bits per heavy atom. The van der Waals surface area contributed by atoms with Crippen molar-refractivity contribution in [3.63, 3.8) is 0 Å². The van der Waals surface area contributed by atoms with Gasteiger partial charge in [-0.1, -0.05) is 0 Å². The third-order valence-corrected chi connectivity index (χ3v) is 2.13. The molecule has 1 aliphatic heterocycles. The van der Waals surface area contributed by atoms with Gasteiger partial charge in [-0.05, 0) is 25.9 Å². The topological polar surface area (TPSA) is 32.3 Å². The number of rotatable bonds is 1. The molecule has 1 amide bonds. The van der Waals surface area contributed by atoms with Crippen LogP contribution < -0.4 is 5.32 Å². The minimum atomic E-state index is 0.0968. The number of hydrogen-bond donors (Lipinski definition) is 1. The molecule has 0 aliphatic carbocycles. The van der Waals surface area contributed by atoms with Gasteiger partial charge in [0.15, 0.2) is 7.98 Å². The Bertz CT molecular complexity index is 143. The number of nitrogens with zero attached hydrogens (tertiary/aromatic N) is 1. The van der Waals surface area contributed by atoms with Crippen molar-refractivity contribution >= 4 is 13.9 Å². The standard InChI is InChI=1S/C7H15BN2O/c1-6(11)9-7-2-4-10(8)5-3-7/h7H,2-5,8H2,1H3,(H,9,11). The van der Waals surface area contributed by atoms with Crippen LogP contribution in [0, 0.1) is 0 Å². The van der Waals surface area contributed by atoms with E-state index in [0.717, 1.165) is 25.9 Å². The highest BCUT2D eigenvalue weighted by Crippen LogP contribution is 2.06. The summed E-state index contributed by atoms with van der Waals surface area (Å²) in [5.41, 5.74) is 0. The zero-order valence-corrected chi connectivity index (χ0v) is 7.26. The molecular formula is C7H15BN2O. The Labute approximate surface area is 68.6 Å². The molecule has 0 aromatic rings. The Morgan fingerprint density at radius 2 is 2.09 bits per heavy atom. The van der Waals surface area contributed by atoms with E-state index in [1.165, 1.54) is 0 Å². The zero-order valence-electron chi connectivity index (χ0n) is 7.26. The van der Waals surface area contributed by atoms with E-state index >= 15 is 0 Å². The molecule has 4 heteroatoms. The molecule has 0 aromatic carbocycles. The van der Waals surface area contributed by atoms with Crippen molar-refractivity contribution in [3.05, 3.63) is 0 Å². The summed E-state index contributed by atoms with van der Waals surface area (Å²) in [6.07, 6.45) is 2.19. The van der Waals surface area contributed by atoms with Gasteiger partial charge in [0.25, 0.3) is 0 Å². The van der Waals surface area contributed by atoms with Crippen LogP contribution in [0.5, 0.6) is 0 Å². The molecule has 1 saturated heterocycles. The summed E-state index contributed by atoms with van der Waals surface area (Å²) >= 11 is 0. The number of piperidine rings is 1. The minimum Gasteiger partial charge on any atom is -0.354 e. The van der Waals surface area contributed by atoms with Crippen LogP contribution >= 0.6 is 0 Å². The first kappa shape index (κ1) is 8.59. The molecule has 1 aliphatic rings. The lowest BCUT2D eigenvalue weighted by atomic mass is 10.0. The summed E-state index contributed by atoms with van der Waals surface area (Å²) in [6.45, 7) is 3.79. The fourth-order valence-corrected chi connectivity index (χ4v) is 1.44. The van der Waals surface area contributed by atoms with E-state index in [1.807, 2.05) is 0 Å². The van der Waals surface area contributed by atoms with Crippen LogP contribution in [0.1, 0.15) is 19.8 Å². The molecule has 0 unspecified atom stereocenters. The number of carbonyl (C=O) groups is 1. The van der Waals surface area contributed by atoms with Crippen LogP contribution in [-0.4, -0.2) is 37.8 Å². The van der Waals surface area contributed by atoms with Gasteiger partial charge in [-0.15, -0.1) is 0 Å². The Morgan fingerprint density at radius 3 is 2.55 bits per heavy atom. The predicted octanol–water partition coefficient (Wildman–Crippen LogP) is -0.865. The molecule has 1 rings (SSSR count). The van der Waals surface area contributed by atoms with Gasteiger partial charge in [0.1, 0.15) is 0 Å². The van der Waals surface area contributed by atoms with Crippen LogP contribution in [0.15, 0.2) is 0 Å². The Hall–Kier alpha value is -0.505. The first-order valence-corrected chi connectivity index (χ1v) is 4.14. The summed E-state index contributed by atoms with van der Waals surface area (Å²) in [5.74, 6) is 0.0968. The van der Waals surface area contributed by atoms with Crippen LogP contribution in [0.3, 0.4) is 0 Å². The lowest BCUT2D eigenvalue weighted by Gasteiger charge is -2.29. The molecule has 0 atom stereocenters. The molecule has 11 heavy (non-hydrogen) atoms. The van der Waals surface area contributed by atoms with Crippen molar-refractivity contribution in [3.8, 4) is 0 Å². The lowest BCUT2D eigenvalue weighted by Crippen LogP contribution is -2.43. The van der Waals surface area contributed by atoms with Crippen molar-refractivity contribution < 1.29 is 4.79 Å². The third-order valence-electron chi connectivity index (χ3n) is 2.13. The lowest BCUT2D eigenvalue weighted by molar-refractivity contribution is -0.119. The summed E-state index contributed by atoms with van der Waals surface area (Å²) in [4.78, 5) is 13.0. The SMILES string of the molecule is BN1CCC(NC(C)=O)CC1. The molecule has 3 nitrogen and oxygen atoms in total. The first-order valence-electron chi connectivity index (χ1n) is 4.14. The van der Waals surface area contributed by atoms with E-state index < -0.39 is 0 Å². The van der Waals surface area contributed by atoms with Crippen molar-refractivity contribution in [1.29, 1.82) is 0 Å². The van der Waals surface area contributed by atoms with Crippen LogP contribution in [0.4, 0.5) is 0 Å². The number of carbonyl (C=O) groups excluding carboxylic acids is 1. The molecule has 1 fully saturated rings. The summed E-state index contributed by atoms with van der Waals surface area (Å²) < 4.78 is 0. The second kappa shape index (κ2) is 3.76. The third kappa shape index (κ3) is 2.93. The molecular weight excluding hydrogens is 139 g/mol. The van der Waals surface area contributed by atoms with E-state index in [0.29, 0.717) is 6.04 Å². The molecule has 0 spiro atoms.